The zero-order valence-electron chi connectivity index (χ0n) is 10.6. The van der Waals surface area contributed by atoms with Gasteiger partial charge in [-0.05, 0) is 29.8 Å². The largest absolute Gasteiger partial charge is 0.507 e. The smallest absolute Gasteiger partial charge is 0.255 e. The van der Waals surface area contributed by atoms with Crippen LogP contribution in [-0.2, 0) is 6.54 Å². The number of ether oxygens (including phenoxy) is 2. The van der Waals surface area contributed by atoms with Gasteiger partial charge in [0.2, 0.25) is 6.79 Å². The molecule has 2 aromatic rings. The van der Waals surface area contributed by atoms with Gasteiger partial charge in [0.05, 0.1) is 5.56 Å². The summed E-state index contributed by atoms with van der Waals surface area (Å²) in [6.45, 7) is 0.576. The summed E-state index contributed by atoms with van der Waals surface area (Å²) in [5.74, 6) is 1.04. The Labute approximate surface area is 115 Å². The van der Waals surface area contributed by atoms with Crippen molar-refractivity contribution in [3.63, 3.8) is 0 Å². The van der Waals surface area contributed by atoms with E-state index in [-0.39, 0.29) is 24.0 Å². The predicted molar refractivity (Wildman–Crippen MR) is 71.8 cm³/mol. The lowest BCUT2D eigenvalue weighted by molar-refractivity contribution is 0.0948. The van der Waals surface area contributed by atoms with Crippen molar-refractivity contribution in [2.75, 3.05) is 6.79 Å². The average Bonchev–Trinajstić information content (AvgIpc) is 2.92. The topological polar surface area (TPSA) is 67.8 Å². The Balaban J connectivity index is 1.68. The van der Waals surface area contributed by atoms with Crippen molar-refractivity contribution >= 4 is 5.91 Å². The molecule has 0 bridgehead atoms. The number of para-hydroxylation sites is 1. The van der Waals surface area contributed by atoms with Crippen LogP contribution in [0.4, 0.5) is 0 Å². The van der Waals surface area contributed by atoms with Crippen molar-refractivity contribution < 1.29 is 19.4 Å². The average molecular weight is 271 g/mol. The maximum absolute atomic E-state index is 11.9. The monoisotopic (exact) mass is 271 g/mol. The summed E-state index contributed by atoms with van der Waals surface area (Å²) in [7, 11) is 0. The molecule has 0 saturated carbocycles. The number of fused-ring (bicyclic) bond motifs is 1. The van der Waals surface area contributed by atoms with E-state index in [4.69, 9.17) is 9.47 Å². The summed E-state index contributed by atoms with van der Waals surface area (Å²) in [4.78, 5) is 11.9. The van der Waals surface area contributed by atoms with Crippen LogP contribution in [-0.4, -0.2) is 17.8 Å². The van der Waals surface area contributed by atoms with E-state index in [1.807, 2.05) is 18.2 Å². The fourth-order valence-electron chi connectivity index (χ4n) is 1.99. The lowest BCUT2D eigenvalue weighted by Crippen LogP contribution is -2.22. The number of phenols is 1. The molecule has 0 aliphatic carbocycles. The second kappa shape index (κ2) is 5.13. The molecule has 0 saturated heterocycles. The first-order chi connectivity index (χ1) is 9.74. The number of rotatable bonds is 3. The maximum atomic E-state index is 11.9. The normalized spacial score (nSPS) is 12.2. The Morgan fingerprint density at radius 1 is 1.15 bits per heavy atom. The molecule has 1 aliphatic rings. The first-order valence-corrected chi connectivity index (χ1v) is 6.19. The Kier molecular flexibility index (Phi) is 3.16. The first kappa shape index (κ1) is 12.3. The van der Waals surface area contributed by atoms with Crippen molar-refractivity contribution in [3.8, 4) is 17.2 Å². The standard InChI is InChI=1S/C15H13NO4/c17-12-4-2-1-3-11(12)15(18)16-8-10-5-6-13-14(7-10)20-9-19-13/h1-7,17H,8-9H2,(H,16,18). The molecule has 0 radical (unpaired) electrons. The summed E-state index contributed by atoms with van der Waals surface area (Å²) in [6, 6.07) is 11.9. The van der Waals surface area contributed by atoms with E-state index >= 15 is 0 Å². The zero-order valence-corrected chi connectivity index (χ0v) is 10.6. The molecule has 1 aliphatic heterocycles. The van der Waals surface area contributed by atoms with Gasteiger partial charge in [-0.2, -0.15) is 0 Å². The van der Waals surface area contributed by atoms with Crippen molar-refractivity contribution in [1.82, 2.24) is 5.32 Å². The highest BCUT2D eigenvalue weighted by Crippen LogP contribution is 2.32. The summed E-state index contributed by atoms with van der Waals surface area (Å²) >= 11 is 0. The molecule has 1 amide bonds. The van der Waals surface area contributed by atoms with E-state index in [9.17, 15) is 9.90 Å². The van der Waals surface area contributed by atoms with Gasteiger partial charge in [0.1, 0.15) is 5.75 Å². The van der Waals surface area contributed by atoms with Crippen LogP contribution in [0.1, 0.15) is 15.9 Å². The van der Waals surface area contributed by atoms with Crippen LogP contribution < -0.4 is 14.8 Å². The van der Waals surface area contributed by atoms with Crippen LogP contribution in [0.2, 0.25) is 0 Å². The number of hydrogen-bond acceptors (Lipinski definition) is 4. The van der Waals surface area contributed by atoms with E-state index in [1.54, 1.807) is 18.2 Å². The Bertz CT molecular complexity index is 654. The van der Waals surface area contributed by atoms with Gasteiger partial charge in [0.15, 0.2) is 11.5 Å². The van der Waals surface area contributed by atoms with Crippen LogP contribution in [0.5, 0.6) is 17.2 Å². The number of hydrogen-bond donors (Lipinski definition) is 2. The van der Waals surface area contributed by atoms with Crippen molar-refractivity contribution in [1.29, 1.82) is 0 Å². The van der Waals surface area contributed by atoms with Gasteiger partial charge in [0, 0.05) is 6.54 Å². The summed E-state index contributed by atoms with van der Waals surface area (Å²) in [5, 5.41) is 12.4. The summed E-state index contributed by atoms with van der Waals surface area (Å²) in [6.07, 6.45) is 0. The number of benzene rings is 2. The molecule has 2 aromatic carbocycles. The molecule has 5 nitrogen and oxygen atoms in total. The number of carbonyl (C=O) groups is 1. The molecular formula is C15H13NO4. The van der Waals surface area contributed by atoms with Crippen molar-refractivity contribution in [3.05, 3.63) is 53.6 Å². The van der Waals surface area contributed by atoms with Gasteiger partial charge in [-0.1, -0.05) is 18.2 Å². The highest BCUT2D eigenvalue weighted by molar-refractivity contribution is 5.96. The molecule has 0 aromatic heterocycles. The Hall–Kier alpha value is -2.69. The number of amides is 1. The molecule has 2 N–H and O–H groups in total. The maximum Gasteiger partial charge on any atom is 0.255 e. The second-order valence-electron chi connectivity index (χ2n) is 4.39. The Morgan fingerprint density at radius 2 is 1.95 bits per heavy atom. The van der Waals surface area contributed by atoms with E-state index in [0.29, 0.717) is 18.0 Å². The molecule has 1 heterocycles. The second-order valence-corrected chi connectivity index (χ2v) is 4.39. The number of carbonyl (C=O) groups excluding carboxylic acids is 1. The van der Waals surface area contributed by atoms with Crippen LogP contribution in [0.25, 0.3) is 0 Å². The van der Waals surface area contributed by atoms with Crippen LogP contribution in [0, 0.1) is 0 Å². The molecule has 3 rings (SSSR count). The zero-order chi connectivity index (χ0) is 13.9. The van der Waals surface area contributed by atoms with Gasteiger partial charge < -0.3 is 19.9 Å². The van der Waals surface area contributed by atoms with Crippen molar-refractivity contribution in [2.45, 2.75) is 6.54 Å². The summed E-state index contributed by atoms with van der Waals surface area (Å²) in [5.41, 5.74) is 1.16. The lowest BCUT2D eigenvalue weighted by Gasteiger charge is -2.07. The molecule has 0 atom stereocenters. The Morgan fingerprint density at radius 3 is 2.80 bits per heavy atom. The van der Waals surface area contributed by atoms with Gasteiger partial charge >= 0.3 is 0 Å². The van der Waals surface area contributed by atoms with Crippen LogP contribution >= 0.6 is 0 Å². The van der Waals surface area contributed by atoms with E-state index in [1.165, 1.54) is 6.07 Å². The number of aromatic hydroxyl groups is 1. The van der Waals surface area contributed by atoms with E-state index in [2.05, 4.69) is 5.32 Å². The molecular weight excluding hydrogens is 258 g/mol. The lowest BCUT2D eigenvalue weighted by atomic mass is 10.1. The van der Waals surface area contributed by atoms with E-state index < -0.39 is 0 Å². The molecule has 0 unspecified atom stereocenters. The highest BCUT2D eigenvalue weighted by Gasteiger charge is 2.14. The van der Waals surface area contributed by atoms with Gasteiger partial charge in [-0.15, -0.1) is 0 Å². The van der Waals surface area contributed by atoms with Crippen LogP contribution in [0.15, 0.2) is 42.5 Å². The third kappa shape index (κ3) is 2.38. The number of nitrogens with one attached hydrogen (secondary N) is 1. The van der Waals surface area contributed by atoms with Gasteiger partial charge in [-0.25, -0.2) is 0 Å². The first-order valence-electron chi connectivity index (χ1n) is 6.19. The minimum absolute atomic E-state index is 0.0318. The molecule has 0 spiro atoms. The van der Waals surface area contributed by atoms with Crippen molar-refractivity contribution in [2.24, 2.45) is 0 Å². The fourth-order valence-corrected chi connectivity index (χ4v) is 1.99. The van der Waals surface area contributed by atoms with Gasteiger partial charge in [0.25, 0.3) is 5.91 Å². The van der Waals surface area contributed by atoms with Crippen LogP contribution in [0.3, 0.4) is 0 Å². The number of phenolic OH excluding ortho intramolecular Hbond substituents is 1. The molecule has 0 fully saturated rings. The minimum Gasteiger partial charge on any atom is -0.507 e. The SMILES string of the molecule is O=C(NCc1ccc2c(c1)OCO2)c1ccccc1O. The quantitative estimate of drug-likeness (QED) is 0.896. The summed E-state index contributed by atoms with van der Waals surface area (Å²) < 4.78 is 10.5. The third-order valence-electron chi connectivity index (χ3n) is 3.04. The minimum atomic E-state index is -0.319. The predicted octanol–water partition coefficient (Wildman–Crippen LogP) is 2.05. The molecule has 20 heavy (non-hydrogen) atoms. The molecule has 102 valence electrons. The van der Waals surface area contributed by atoms with E-state index in [0.717, 1.165) is 5.56 Å². The third-order valence-corrected chi connectivity index (χ3v) is 3.04. The van der Waals surface area contributed by atoms with Gasteiger partial charge in [-0.3, -0.25) is 4.79 Å². The molecule has 5 heteroatoms. The fraction of sp³-hybridized carbons (Fsp3) is 0.133. The highest BCUT2D eigenvalue weighted by atomic mass is 16.7.